The van der Waals surface area contributed by atoms with Crippen molar-refractivity contribution in [1.29, 1.82) is 0 Å². The number of nitrogens with one attached hydrogen (secondary N) is 1. The van der Waals surface area contributed by atoms with E-state index in [-0.39, 0.29) is 22.9 Å². The molecule has 1 saturated carbocycles. The van der Waals surface area contributed by atoms with Crippen LogP contribution in [0.15, 0.2) is 16.0 Å². The molecule has 2 N–H and O–H groups in total. The third kappa shape index (κ3) is 4.12. The van der Waals surface area contributed by atoms with Crippen molar-refractivity contribution in [2.75, 3.05) is 6.61 Å². The Balaban J connectivity index is 2.17. The van der Waals surface area contributed by atoms with Crippen molar-refractivity contribution in [2.24, 2.45) is 10.6 Å². The van der Waals surface area contributed by atoms with Crippen molar-refractivity contribution in [1.82, 2.24) is 19.5 Å². The highest BCUT2D eigenvalue weighted by Crippen LogP contribution is 2.26. The highest BCUT2D eigenvalue weighted by atomic mass is 16.6. The quantitative estimate of drug-likeness (QED) is 0.587. The first-order valence-electron chi connectivity index (χ1n) is 9.03. The van der Waals surface area contributed by atoms with Crippen molar-refractivity contribution >= 4 is 17.8 Å². The highest BCUT2D eigenvalue weighted by molar-refractivity contribution is 5.96. The van der Waals surface area contributed by atoms with Crippen LogP contribution in [-0.2, 0) is 11.4 Å². The fraction of sp³-hybridized carbons (Fsp3) is 0.556. The summed E-state index contributed by atoms with van der Waals surface area (Å²) >= 11 is 0. The second kappa shape index (κ2) is 7.05. The van der Waals surface area contributed by atoms with Gasteiger partial charge < -0.3 is 15.3 Å². The Kier molecular flexibility index (Phi) is 4.95. The molecule has 0 saturated heterocycles. The first-order valence-corrected chi connectivity index (χ1v) is 9.03. The van der Waals surface area contributed by atoms with Crippen LogP contribution < -0.4 is 10.9 Å². The van der Waals surface area contributed by atoms with E-state index in [1.807, 2.05) is 20.8 Å². The van der Waals surface area contributed by atoms with E-state index in [2.05, 4.69) is 15.6 Å². The molecule has 9 heteroatoms. The summed E-state index contributed by atoms with van der Waals surface area (Å²) in [7, 11) is 0. The number of hydrogen-bond donors (Lipinski definition) is 2. The fourth-order valence-electron chi connectivity index (χ4n) is 2.72. The van der Waals surface area contributed by atoms with E-state index in [1.165, 1.54) is 10.8 Å². The molecule has 2 aromatic rings. The molecule has 2 aromatic heterocycles. The molecule has 3 rings (SSSR count). The minimum absolute atomic E-state index is 0.0644. The van der Waals surface area contributed by atoms with Gasteiger partial charge in [0.25, 0.3) is 11.5 Å². The van der Waals surface area contributed by atoms with E-state index in [9.17, 15) is 14.7 Å². The van der Waals surface area contributed by atoms with Gasteiger partial charge in [-0.25, -0.2) is 0 Å². The lowest BCUT2D eigenvalue weighted by atomic mass is 9.96. The van der Waals surface area contributed by atoms with Crippen LogP contribution in [0.1, 0.15) is 56.6 Å². The molecular formula is C18H25N5O4. The number of carbonyl (C=O) groups is 1. The van der Waals surface area contributed by atoms with Crippen molar-refractivity contribution < 1.29 is 14.7 Å². The maximum atomic E-state index is 12.8. The van der Waals surface area contributed by atoms with Crippen LogP contribution in [0.5, 0.6) is 5.88 Å². The van der Waals surface area contributed by atoms with Gasteiger partial charge >= 0.3 is 0 Å². The van der Waals surface area contributed by atoms with Crippen LogP contribution in [0.3, 0.4) is 0 Å². The van der Waals surface area contributed by atoms with Crippen LogP contribution in [0.4, 0.5) is 0 Å². The Labute approximate surface area is 156 Å². The number of hydrogen-bond acceptors (Lipinski definition) is 6. The molecule has 0 atom stereocenters. The Hall–Kier alpha value is -2.84. The Morgan fingerprint density at radius 1 is 1.48 bits per heavy atom. The molecule has 0 radical (unpaired) electrons. The molecule has 0 aromatic carbocycles. The normalized spacial score (nSPS) is 14.8. The molecule has 0 aliphatic heterocycles. The van der Waals surface area contributed by atoms with E-state index in [1.54, 1.807) is 13.0 Å². The van der Waals surface area contributed by atoms with Gasteiger partial charge in [0.15, 0.2) is 5.56 Å². The summed E-state index contributed by atoms with van der Waals surface area (Å²) in [6.07, 6.45) is 3.15. The molecule has 1 amide bonds. The molecule has 0 unspecified atom stereocenters. The molecule has 0 bridgehead atoms. The van der Waals surface area contributed by atoms with E-state index in [0.29, 0.717) is 24.5 Å². The predicted molar refractivity (Wildman–Crippen MR) is 100 cm³/mol. The Bertz CT molecular complexity index is 947. The van der Waals surface area contributed by atoms with Gasteiger partial charge in [-0.05, 0) is 25.2 Å². The maximum absolute atomic E-state index is 12.8. The van der Waals surface area contributed by atoms with E-state index < -0.39 is 11.5 Å². The SMILES string of the molecule is CCON=Cc1cc2n(CC(C)(C)C)c(O)c(C(=O)NC3CC3)c(=O)n2n1. The largest absolute Gasteiger partial charge is 0.494 e. The van der Waals surface area contributed by atoms with Crippen molar-refractivity contribution in [3.63, 3.8) is 0 Å². The van der Waals surface area contributed by atoms with Crippen LogP contribution >= 0.6 is 0 Å². The zero-order valence-corrected chi connectivity index (χ0v) is 16.0. The Morgan fingerprint density at radius 2 is 2.19 bits per heavy atom. The molecule has 1 aliphatic rings. The predicted octanol–water partition coefficient (Wildman–Crippen LogP) is 1.51. The number of carbonyl (C=O) groups excluding carboxylic acids is 1. The van der Waals surface area contributed by atoms with Crippen LogP contribution in [-0.4, -0.2) is 44.1 Å². The van der Waals surface area contributed by atoms with Gasteiger partial charge in [-0.3, -0.25) is 14.2 Å². The number of oxime groups is 1. The minimum atomic E-state index is -0.665. The standard InChI is InChI=1S/C18H25N5O4/c1-5-27-19-9-12-8-13-22(10-18(2,3)4)16(25)14(17(26)23(13)21-12)15(24)20-11-6-7-11/h8-9,11,25H,5-7,10H2,1-4H3,(H,20,24). The number of rotatable bonds is 6. The molecule has 1 aliphatic carbocycles. The summed E-state index contributed by atoms with van der Waals surface area (Å²) in [5.41, 5.74) is -0.395. The van der Waals surface area contributed by atoms with Gasteiger partial charge in [-0.15, -0.1) is 0 Å². The molecule has 146 valence electrons. The molecular weight excluding hydrogens is 350 g/mol. The Morgan fingerprint density at radius 3 is 2.78 bits per heavy atom. The second-order valence-electron chi connectivity index (χ2n) is 7.89. The average Bonchev–Trinajstić information content (AvgIpc) is 3.27. The minimum Gasteiger partial charge on any atom is -0.494 e. The smallest absolute Gasteiger partial charge is 0.291 e. The topological polar surface area (TPSA) is 110 Å². The van der Waals surface area contributed by atoms with Crippen LogP contribution in [0.25, 0.3) is 5.65 Å². The summed E-state index contributed by atoms with van der Waals surface area (Å²) in [5, 5.41) is 21.5. The lowest BCUT2D eigenvalue weighted by Crippen LogP contribution is -2.35. The van der Waals surface area contributed by atoms with Gasteiger partial charge in [-0.2, -0.15) is 9.61 Å². The van der Waals surface area contributed by atoms with Gasteiger partial charge in [0, 0.05) is 18.7 Å². The lowest BCUT2D eigenvalue weighted by molar-refractivity contribution is 0.0944. The lowest BCUT2D eigenvalue weighted by Gasteiger charge is -2.23. The van der Waals surface area contributed by atoms with Gasteiger partial charge in [0.05, 0.1) is 6.21 Å². The van der Waals surface area contributed by atoms with Gasteiger partial charge in [-0.1, -0.05) is 25.9 Å². The summed E-state index contributed by atoms with van der Waals surface area (Å²) in [4.78, 5) is 30.3. The van der Waals surface area contributed by atoms with Gasteiger partial charge in [0.2, 0.25) is 5.88 Å². The highest BCUT2D eigenvalue weighted by Gasteiger charge is 2.30. The monoisotopic (exact) mass is 375 g/mol. The maximum Gasteiger partial charge on any atom is 0.291 e. The van der Waals surface area contributed by atoms with E-state index >= 15 is 0 Å². The summed E-state index contributed by atoms with van der Waals surface area (Å²) in [5.74, 6) is -0.932. The fourth-order valence-corrected chi connectivity index (χ4v) is 2.72. The van der Waals surface area contributed by atoms with Crippen LogP contribution in [0.2, 0.25) is 0 Å². The number of fused-ring (bicyclic) bond motifs is 1. The van der Waals surface area contributed by atoms with Crippen LogP contribution in [0, 0.1) is 5.41 Å². The van der Waals surface area contributed by atoms with Crippen molar-refractivity contribution in [2.45, 2.75) is 53.1 Å². The third-order valence-electron chi connectivity index (χ3n) is 4.03. The molecule has 2 heterocycles. The number of amides is 1. The molecule has 9 nitrogen and oxygen atoms in total. The molecule has 1 fully saturated rings. The zero-order chi connectivity index (χ0) is 19.8. The molecule has 27 heavy (non-hydrogen) atoms. The van der Waals surface area contributed by atoms with Gasteiger partial charge in [0.1, 0.15) is 17.9 Å². The zero-order valence-electron chi connectivity index (χ0n) is 16.0. The average molecular weight is 375 g/mol. The third-order valence-corrected chi connectivity index (χ3v) is 4.03. The van der Waals surface area contributed by atoms with Crippen molar-refractivity contribution in [3.05, 3.63) is 27.7 Å². The van der Waals surface area contributed by atoms with E-state index in [0.717, 1.165) is 17.4 Å². The number of aromatic hydroxyl groups is 1. The summed E-state index contributed by atoms with van der Waals surface area (Å²) < 4.78 is 2.66. The first kappa shape index (κ1) is 18.9. The van der Waals surface area contributed by atoms with Crippen molar-refractivity contribution in [3.8, 4) is 5.88 Å². The summed E-state index contributed by atoms with van der Waals surface area (Å²) in [6.45, 7) is 8.60. The number of nitrogens with zero attached hydrogens (tertiary/aromatic N) is 4. The number of aromatic nitrogens is 3. The summed E-state index contributed by atoms with van der Waals surface area (Å²) in [6, 6.07) is 1.69. The first-order chi connectivity index (χ1) is 12.7. The second-order valence-corrected chi connectivity index (χ2v) is 7.89. The molecule has 0 spiro atoms. The van der Waals surface area contributed by atoms with E-state index in [4.69, 9.17) is 4.84 Å².